The van der Waals surface area contributed by atoms with Gasteiger partial charge in [0.1, 0.15) is 23.0 Å². The lowest BCUT2D eigenvalue weighted by Gasteiger charge is -2.26. The lowest BCUT2D eigenvalue weighted by molar-refractivity contribution is -0.132. The number of anilines is 1. The van der Waals surface area contributed by atoms with Crippen LogP contribution in [0.25, 0.3) is 5.76 Å². The highest BCUT2D eigenvalue weighted by Gasteiger charge is 2.47. The second-order valence-electron chi connectivity index (χ2n) is 8.24. The highest BCUT2D eigenvalue weighted by molar-refractivity contribution is 6.51. The number of aliphatic hydroxyl groups is 1. The molecule has 1 amide bonds. The van der Waals surface area contributed by atoms with Crippen molar-refractivity contribution in [2.45, 2.75) is 18.9 Å². The summed E-state index contributed by atoms with van der Waals surface area (Å²) in [5, 5.41) is 21.1. The molecule has 2 N–H and O–H groups in total. The van der Waals surface area contributed by atoms with E-state index in [0.29, 0.717) is 29.2 Å². The third-order valence-electron chi connectivity index (χ3n) is 6.17. The smallest absolute Gasteiger partial charge is 0.300 e. The van der Waals surface area contributed by atoms with Crippen molar-refractivity contribution in [3.63, 3.8) is 0 Å². The molecule has 1 unspecified atom stereocenters. The van der Waals surface area contributed by atoms with E-state index in [9.17, 15) is 19.8 Å². The topological polar surface area (TPSA) is 96.3 Å². The second-order valence-corrected chi connectivity index (χ2v) is 8.24. The molecule has 0 aromatic heterocycles. The van der Waals surface area contributed by atoms with Crippen molar-refractivity contribution in [3.05, 3.63) is 89.0 Å². The fourth-order valence-electron chi connectivity index (χ4n) is 4.49. The van der Waals surface area contributed by atoms with E-state index in [1.807, 2.05) is 0 Å². The Morgan fingerprint density at radius 2 is 1.85 bits per heavy atom. The average molecular weight is 457 g/mol. The van der Waals surface area contributed by atoms with Gasteiger partial charge in [-0.2, -0.15) is 0 Å². The number of phenolic OH excluding ortho intramolecular Hbond substituents is 1. The standard InChI is InChI=1S/C27H23NO6/c1-33-21-6-2-5-19(15-21)28-24(16-7-10-20(29)11-8-16)23(26(31)27(28)32)25(30)18-9-12-22-17(14-18)4-3-13-34-22/h2,5-12,14-15,24,29-30H,3-4,13H2,1H3/b25-23-. The Kier molecular flexibility index (Phi) is 5.45. The van der Waals surface area contributed by atoms with Gasteiger partial charge >= 0.3 is 0 Å². The molecular formula is C27H23NO6. The van der Waals surface area contributed by atoms with Gasteiger partial charge in [0.05, 0.1) is 25.3 Å². The van der Waals surface area contributed by atoms with Gasteiger partial charge < -0.3 is 19.7 Å². The molecule has 2 heterocycles. The van der Waals surface area contributed by atoms with E-state index in [2.05, 4.69) is 0 Å². The van der Waals surface area contributed by atoms with Crippen molar-refractivity contribution in [1.29, 1.82) is 0 Å². The number of aryl methyl sites for hydroxylation is 1. The fourth-order valence-corrected chi connectivity index (χ4v) is 4.49. The molecule has 0 aliphatic carbocycles. The number of fused-ring (bicyclic) bond motifs is 1. The number of hydrogen-bond donors (Lipinski definition) is 2. The molecule has 1 atom stereocenters. The van der Waals surface area contributed by atoms with Gasteiger partial charge in [-0.1, -0.05) is 18.2 Å². The van der Waals surface area contributed by atoms with Crippen LogP contribution in [0, 0.1) is 0 Å². The maximum atomic E-state index is 13.3. The van der Waals surface area contributed by atoms with Gasteiger partial charge in [0.15, 0.2) is 0 Å². The van der Waals surface area contributed by atoms with Gasteiger partial charge in [-0.15, -0.1) is 0 Å². The number of Topliss-reactive ketones (excluding diaryl/α,β-unsaturated/α-hetero) is 1. The number of aliphatic hydroxyl groups excluding tert-OH is 1. The van der Waals surface area contributed by atoms with Crippen molar-refractivity contribution in [3.8, 4) is 17.2 Å². The van der Waals surface area contributed by atoms with Gasteiger partial charge in [-0.25, -0.2) is 0 Å². The number of phenols is 1. The second kappa shape index (κ2) is 8.59. The number of nitrogens with zero attached hydrogens (tertiary/aromatic N) is 1. The lowest BCUT2D eigenvalue weighted by Crippen LogP contribution is -2.29. The highest BCUT2D eigenvalue weighted by Crippen LogP contribution is 2.43. The van der Waals surface area contributed by atoms with E-state index in [1.165, 1.54) is 24.1 Å². The molecule has 7 nitrogen and oxygen atoms in total. The van der Waals surface area contributed by atoms with Crippen LogP contribution in [-0.2, 0) is 16.0 Å². The number of ketones is 1. The first-order chi connectivity index (χ1) is 16.5. The van der Waals surface area contributed by atoms with Crippen LogP contribution in [0.4, 0.5) is 5.69 Å². The van der Waals surface area contributed by atoms with Gasteiger partial charge in [0.2, 0.25) is 0 Å². The van der Waals surface area contributed by atoms with Crippen molar-refractivity contribution in [2.75, 3.05) is 18.6 Å². The number of rotatable bonds is 4. The lowest BCUT2D eigenvalue weighted by atomic mass is 9.94. The van der Waals surface area contributed by atoms with Crippen LogP contribution < -0.4 is 14.4 Å². The largest absolute Gasteiger partial charge is 0.508 e. The molecule has 0 spiro atoms. The van der Waals surface area contributed by atoms with Crippen LogP contribution in [0.3, 0.4) is 0 Å². The summed E-state index contributed by atoms with van der Waals surface area (Å²) in [5.74, 6) is -0.457. The summed E-state index contributed by atoms with van der Waals surface area (Å²) < 4.78 is 11.0. The number of methoxy groups -OCH3 is 1. The van der Waals surface area contributed by atoms with E-state index in [4.69, 9.17) is 9.47 Å². The third kappa shape index (κ3) is 3.65. The summed E-state index contributed by atoms with van der Waals surface area (Å²) in [6.07, 6.45) is 1.67. The molecule has 2 aliphatic rings. The Bertz CT molecular complexity index is 1310. The maximum Gasteiger partial charge on any atom is 0.300 e. The normalized spacial score (nSPS) is 19.0. The van der Waals surface area contributed by atoms with Crippen molar-refractivity contribution in [1.82, 2.24) is 0 Å². The Hall–Kier alpha value is -4.26. The SMILES string of the molecule is COc1cccc(N2C(=O)C(=O)/C(=C(\O)c3ccc4c(c3)CCCO4)C2c2ccc(O)cc2)c1. The minimum atomic E-state index is -0.889. The number of ether oxygens (including phenoxy) is 2. The monoisotopic (exact) mass is 457 g/mol. The molecule has 1 saturated heterocycles. The van der Waals surface area contributed by atoms with Crippen LogP contribution in [0.1, 0.15) is 29.2 Å². The molecule has 3 aromatic rings. The number of benzene rings is 3. The van der Waals surface area contributed by atoms with Crippen LogP contribution in [0.15, 0.2) is 72.3 Å². The van der Waals surface area contributed by atoms with Crippen LogP contribution in [-0.4, -0.2) is 35.6 Å². The summed E-state index contributed by atoms with van der Waals surface area (Å²) in [6, 6.07) is 17.4. The van der Waals surface area contributed by atoms with Gasteiger partial charge in [-0.05, 0) is 66.4 Å². The predicted octanol–water partition coefficient (Wildman–Crippen LogP) is 4.35. The predicted molar refractivity (Wildman–Crippen MR) is 126 cm³/mol. The molecule has 0 radical (unpaired) electrons. The summed E-state index contributed by atoms with van der Waals surface area (Å²) in [6.45, 7) is 0.644. The Morgan fingerprint density at radius 3 is 2.62 bits per heavy atom. The number of carbonyl (C=O) groups excluding carboxylic acids is 2. The molecule has 0 bridgehead atoms. The number of hydrogen-bond acceptors (Lipinski definition) is 6. The molecule has 172 valence electrons. The third-order valence-corrected chi connectivity index (χ3v) is 6.17. The molecule has 2 aliphatic heterocycles. The summed E-state index contributed by atoms with van der Waals surface area (Å²) >= 11 is 0. The van der Waals surface area contributed by atoms with Crippen molar-refractivity contribution >= 4 is 23.1 Å². The van der Waals surface area contributed by atoms with Crippen molar-refractivity contribution < 1.29 is 29.3 Å². The first-order valence-electron chi connectivity index (χ1n) is 11.0. The number of amides is 1. The number of carbonyl (C=O) groups is 2. The Balaban J connectivity index is 1.69. The summed E-state index contributed by atoms with van der Waals surface area (Å²) in [7, 11) is 1.52. The van der Waals surface area contributed by atoms with Gasteiger partial charge in [0.25, 0.3) is 11.7 Å². The zero-order valence-electron chi connectivity index (χ0n) is 18.5. The van der Waals surface area contributed by atoms with E-state index < -0.39 is 17.7 Å². The summed E-state index contributed by atoms with van der Waals surface area (Å²) in [5.41, 5.74) is 2.39. The Morgan fingerprint density at radius 1 is 1.06 bits per heavy atom. The average Bonchev–Trinajstić information content (AvgIpc) is 3.14. The van der Waals surface area contributed by atoms with E-state index in [0.717, 1.165) is 24.2 Å². The molecule has 0 saturated carbocycles. The van der Waals surface area contributed by atoms with Gasteiger partial charge in [-0.3, -0.25) is 14.5 Å². The first-order valence-corrected chi connectivity index (χ1v) is 11.0. The quantitative estimate of drug-likeness (QED) is 0.344. The van der Waals surface area contributed by atoms with E-state index in [-0.39, 0.29) is 17.1 Å². The molecule has 1 fully saturated rings. The van der Waals surface area contributed by atoms with Crippen molar-refractivity contribution in [2.24, 2.45) is 0 Å². The van der Waals surface area contributed by atoms with E-state index >= 15 is 0 Å². The molecule has 5 rings (SSSR count). The molecular weight excluding hydrogens is 434 g/mol. The maximum absolute atomic E-state index is 13.3. The zero-order chi connectivity index (χ0) is 23.8. The fraction of sp³-hybridized carbons (Fsp3) is 0.185. The van der Waals surface area contributed by atoms with Crippen LogP contribution in [0.5, 0.6) is 17.2 Å². The number of aromatic hydroxyl groups is 1. The Labute approximate surface area is 196 Å². The molecule has 3 aromatic carbocycles. The van der Waals surface area contributed by atoms with Crippen LogP contribution in [0.2, 0.25) is 0 Å². The van der Waals surface area contributed by atoms with Gasteiger partial charge in [0, 0.05) is 17.3 Å². The molecule has 7 heteroatoms. The molecule has 34 heavy (non-hydrogen) atoms. The minimum absolute atomic E-state index is 0.0183. The highest BCUT2D eigenvalue weighted by atomic mass is 16.5. The van der Waals surface area contributed by atoms with E-state index in [1.54, 1.807) is 54.6 Å². The zero-order valence-corrected chi connectivity index (χ0v) is 18.5. The minimum Gasteiger partial charge on any atom is -0.508 e. The van der Waals surface area contributed by atoms with Crippen LogP contribution >= 0.6 is 0 Å². The first kappa shape index (κ1) is 21.6. The summed E-state index contributed by atoms with van der Waals surface area (Å²) in [4.78, 5) is 27.9.